The van der Waals surface area contributed by atoms with Crippen LogP contribution >= 0.6 is 0 Å². The summed E-state index contributed by atoms with van der Waals surface area (Å²) >= 11 is 0. The minimum absolute atomic E-state index is 0.0295. The molecule has 0 aliphatic rings. The van der Waals surface area contributed by atoms with Gasteiger partial charge in [0.05, 0.1) is 5.75 Å². The highest BCUT2D eigenvalue weighted by Gasteiger charge is 2.06. The quantitative estimate of drug-likeness (QED) is 0.857. The van der Waals surface area contributed by atoms with Crippen LogP contribution in [-0.2, 0) is 14.6 Å². The fourth-order valence-electron chi connectivity index (χ4n) is 1.24. The summed E-state index contributed by atoms with van der Waals surface area (Å²) in [4.78, 5) is 15.5. The maximum atomic E-state index is 11.4. The van der Waals surface area contributed by atoms with Gasteiger partial charge in [0, 0.05) is 18.9 Å². The summed E-state index contributed by atoms with van der Waals surface area (Å²) in [6.07, 6.45) is 3.33. The van der Waals surface area contributed by atoms with Crippen LogP contribution in [0.2, 0.25) is 0 Å². The lowest BCUT2D eigenvalue weighted by molar-refractivity contribution is -0.116. The van der Waals surface area contributed by atoms with Crippen molar-refractivity contribution in [3.63, 3.8) is 0 Å². The molecule has 0 bridgehead atoms. The van der Waals surface area contributed by atoms with E-state index in [1.54, 1.807) is 12.3 Å². The fraction of sp³-hybridized carbons (Fsp3) is 0.455. The molecule has 1 N–H and O–H groups in total. The first-order chi connectivity index (χ1) is 7.87. The van der Waals surface area contributed by atoms with Crippen LogP contribution in [0.15, 0.2) is 18.3 Å². The highest BCUT2D eigenvalue weighted by Crippen LogP contribution is 2.05. The molecule has 0 aromatic carbocycles. The largest absolute Gasteiger partial charge is 0.311 e. The first-order valence-electron chi connectivity index (χ1n) is 5.27. The molecule has 0 saturated heterocycles. The van der Waals surface area contributed by atoms with Gasteiger partial charge in [0.1, 0.15) is 15.7 Å². The van der Waals surface area contributed by atoms with Gasteiger partial charge >= 0.3 is 0 Å². The van der Waals surface area contributed by atoms with E-state index >= 15 is 0 Å². The van der Waals surface area contributed by atoms with Gasteiger partial charge in [-0.15, -0.1) is 0 Å². The molecule has 0 fully saturated rings. The summed E-state index contributed by atoms with van der Waals surface area (Å²) < 4.78 is 21.7. The Kier molecular flexibility index (Phi) is 4.62. The minimum atomic E-state index is -2.99. The summed E-state index contributed by atoms with van der Waals surface area (Å²) in [7, 11) is -2.99. The molecule has 94 valence electrons. The van der Waals surface area contributed by atoms with E-state index in [-0.39, 0.29) is 18.1 Å². The molecule has 5 nitrogen and oxygen atoms in total. The normalized spacial score (nSPS) is 11.2. The Labute approximate surface area is 101 Å². The van der Waals surface area contributed by atoms with E-state index in [2.05, 4.69) is 10.3 Å². The van der Waals surface area contributed by atoms with Gasteiger partial charge in [0.2, 0.25) is 5.91 Å². The lowest BCUT2D eigenvalue weighted by Gasteiger charge is -2.04. The molecule has 6 heteroatoms. The second kappa shape index (κ2) is 5.77. The summed E-state index contributed by atoms with van der Waals surface area (Å²) in [5.41, 5.74) is 1.01. The number of carbonyl (C=O) groups is 1. The fourth-order valence-corrected chi connectivity index (χ4v) is 1.91. The van der Waals surface area contributed by atoms with Gasteiger partial charge in [0.15, 0.2) is 0 Å². The Morgan fingerprint density at radius 1 is 1.41 bits per heavy atom. The molecule has 0 unspecified atom stereocenters. The molecule has 1 aromatic heterocycles. The van der Waals surface area contributed by atoms with E-state index < -0.39 is 9.84 Å². The van der Waals surface area contributed by atoms with Crippen LogP contribution in [0.4, 0.5) is 5.82 Å². The van der Waals surface area contributed by atoms with E-state index in [9.17, 15) is 13.2 Å². The van der Waals surface area contributed by atoms with Crippen LogP contribution in [0, 0.1) is 6.92 Å². The van der Waals surface area contributed by atoms with Gasteiger partial charge in [-0.05, 0) is 25.0 Å². The van der Waals surface area contributed by atoms with Crippen molar-refractivity contribution in [2.24, 2.45) is 0 Å². The highest BCUT2D eigenvalue weighted by atomic mass is 32.2. The molecular formula is C11H16N2O3S. The zero-order chi connectivity index (χ0) is 12.9. The lowest BCUT2D eigenvalue weighted by Crippen LogP contribution is -2.14. The highest BCUT2D eigenvalue weighted by molar-refractivity contribution is 7.90. The van der Waals surface area contributed by atoms with Crippen molar-refractivity contribution in [1.29, 1.82) is 0 Å². The minimum Gasteiger partial charge on any atom is -0.311 e. The first kappa shape index (κ1) is 13.6. The molecule has 0 aliphatic heterocycles. The Morgan fingerprint density at radius 2 is 2.12 bits per heavy atom. The monoisotopic (exact) mass is 256 g/mol. The van der Waals surface area contributed by atoms with Crippen molar-refractivity contribution in [2.45, 2.75) is 19.8 Å². The molecule has 0 radical (unpaired) electrons. The number of carbonyl (C=O) groups excluding carboxylic acids is 1. The van der Waals surface area contributed by atoms with E-state index in [0.29, 0.717) is 12.2 Å². The van der Waals surface area contributed by atoms with Gasteiger partial charge < -0.3 is 5.32 Å². The van der Waals surface area contributed by atoms with Crippen molar-refractivity contribution in [3.8, 4) is 0 Å². The predicted molar refractivity (Wildman–Crippen MR) is 66.5 cm³/mol. The van der Waals surface area contributed by atoms with E-state index in [4.69, 9.17) is 0 Å². The molecule has 0 spiro atoms. The van der Waals surface area contributed by atoms with Crippen molar-refractivity contribution in [3.05, 3.63) is 23.9 Å². The van der Waals surface area contributed by atoms with E-state index in [1.807, 2.05) is 13.0 Å². The van der Waals surface area contributed by atoms with Gasteiger partial charge in [0.25, 0.3) is 0 Å². The number of pyridine rings is 1. The molecule has 0 atom stereocenters. The number of amides is 1. The Morgan fingerprint density at radius 3 is 2.65 bits per heavy atom. The van der Waals surface area contributed by atoms with Gasteiger partial charge in [-0.1, -0.05) is 6.07 Å². The predicted octanol–water partition coefficient (Wildman–Crippen LogP) is 1.15. The number of sulfone groups is 1. The number of rotatable bonds is 5. The number of nitrogens with zero attached hydrogens (tertiary/aromatic N) is 1. The maximum absolute atomic E-state index is 11.4. The molecule has 17 heavy (non-hydrogen) atoms. The number of nitrogens with one attached hydrogen (secondary N) is 1. The third-order valence-corrected chi connectivity index (χ3v) is 3.13. The lowest BCUT2D eigenvalue weighted by atomic mass is 10.3. The molecule has 1 aromatic rings. The number of hydrogen-bond acceptors (Lipinski definition) is 4. The van der Waals surface area contributed by atoms with Gasteiger partial charge in [-0.25, -0.2) is 13.4 Å². The van der Waals surface area contributed by atoms with Crippen molar-refractivity contribution in [2.75, 3.05) is 17.3 Å². The van der Waals surface area contributed by atoms with E-state index in [1.165, 1.54) is 0 Å². The van der Waals surface area contributed by atoms with Crippen LogP contribution in [-0.4, -0.2) is 31.3 Å². The summed E-state index contributed by atoms with van der Waals surface area (Å²) in [6, 6.07) is 3.56. The second-order valence-electron chi connectivity index (χ2n) is 4.00. The average Bonchev–Trinajstić information content (AvgIpc) is 2.19. The second-order valence-corrected chi connectivity index (χ2v) is 6.26. The first-order valence-corrected chi connectivity index (χ1v) is 7.33. The molecule has 1 heterocycles. The summed E-state index contributed by atoms with van der Waals surface area (Å²) in [6.45, 7) is 1.91. The van der Waals surface area contributed by atoms with Crippen molar-refractivity contribution in [1.82, 2.24) is 4.98 Å². The number of anilines is 1. The third-order valence-electron chi connectivity index (χ3n) is 2.10. The van der Waals surface area contributed by atoms with Crippen molar-refractivity contribution < 1.29 is 13.2 Å². The Balaban J connectivity index is 2.37. The third kappa shape index (κ3) is 6.01. The van der Waals surface area contributed by atoms with Crippen LogP contribution < -0.4 is 5.32 Å². The number of hydrogen-bond donors (Lipinski definition) is 1. The smallest absolute Gasteiger partial charge is 0.225 e. The SMILES string of the molecule is Cc1ccc(NC(=O)CCCS(C)(=O)=O)nc1. The topological polar surface area (TPSA) is 76.1 Å². The van der Waals surface area contributed by atoms with E-state index in [0.717, 1.165) is 11.8 Å². The van der Waals surface area contributed by atoms with Crippen LogP contribution in [0.25, 0.3) is 0 Å². The maximum Gasteiger partial charge on any atom is 0.225 e. The van der Waals surface area contributed by atoms with Crippen LogP contribution in [0.5, 0.6) is 0 Å². The molecule has 0 saturated carbocycles. The Hall–Kier alpha value is -1.43. The summed E-state index contributed by atoms with van der Waals surface area (Å²) in [5, 5.41) is 2.61. The zero-order valence-electron chi connectivity index (χ0n) is 9.93. The molecule has 0 aliphatic carbocycles. The molecule has 1 amide bonds. The molecular weight excluding hydrogens is 240 g/mol. The summed E-state index contributed by atoms with van der Waals surface area (Å²) in [5.74, 6) is 0.298. The van der Waals surface area contributed by atoms with Crippen LogP contribution in [0.1, 0.15) is 18.4 Å². The number of aryl methyl sites for hydroxylation is 1. The van der Waals surface area contributed by atoms with Crippen molar-refractivity contribution >= 4 is 21.6 Å². The standard InChI is InChI=1S/C11H16N2O3S/c1-9-5-6-10(12-8-9)13-11(14)4-3-7-17(2,15)16/h5-6,8H,3-4,7H2,1-2H3,(H,12,13,14). The average molecular weight is 256 g/mol. The number of aromatic nitrogens is 1. The van der Waals surface area contributed by atoms with Gasteiger partial charge in [-0.2, -0.15) is 0 Å². The Bertz CT molecular complexity index is 480. The molecule has 1 rings (SSSR count). The van der Waals surface area contributed by atoms with Gasteiger partial charge in [-0.3, -0.25) is 4.79 Å². The zero-order valence-corrected chi connectivity index (χ0v) is 10.8. The van der Waals surface area contributed by atoms with Crippen LogP contribution in [0.3, 0.4) is 0 Å².